The minimum absolute atomic E-state index is 0.282. The Labute approximate surface area is 247 Å². The van der Waals surface area contributed by atoms with Crippen molar-refractivity contribution in [3.63, 3.8) is 0 Å². The molecule has 4 rings (SSSR count). The van der Waals surface area contributed by atoms with E-state index in [1.807, 2.05) is 36.4 Å². The highest BCUT2D eigenvalue weighted by atomic mass is 16.5. The lowest BCUT2D eigenvalue weighted by Gasteiger charge is -2.24. The van der Waals surface area contributed by atoms with E-state index in [-0.39, 0.29) is 12.0 Å². The smallest absolute Gasteiger partial charge is 0.322 e. The lowest BCUT2D eigenvalue weighted by Crippen LogP contribution is -2.34. The molecular formula is C36H33N3O3. The molecule has 42 heavy (non-hydrogen) atoms. The predicted octanol–water partition coefficient (Wildman–Crippen LogP) is 7.46. The average molecular weight is 556 g/mol. The van der Waals surface area contributed by atoms with Gasteiger partial charge in [0.1, 0.15) is 5.75 Å². The molecule has 0 aliphatic carbocycles. The summed E-state index contributed by atoms with van der Waals surface area (Å²) < 4.78 is 5.13. The maximum absolute atomic E-state index is 13.4. The summed E-state index contributed by atoms with van der Waals surface area (Å²) in [6, 6.07) is 31.9. The second-order valence-electron chi connectivity index (χ2n) is 9.96. The van der Waals surface area contributed by atoms with E-state index in [1.165, 1.54) is 25.3 Å². The summed E-state index contributed by atoms with van der Waals surface area (Å²) in [5, 5.41) is 12.0. The van der Waals surface area contributed by atoms with Gasteiger partial charge in [-0.3, -0.25) is 4.79 Å². The van der Waals surface area contributed by atoms with Gasteiger partial charge in [-0.05, 0) is 90.2 Å². The Morgan fingerprint density at radius 2 is 1.24 bits per heavy atom. The van der Waals surface area contributed by atoms with Crippen LogP contribution in [0.25, 0.3) is 0 Å². The molecule has 1 N–H and O–H groups in total. The van der Waals surface area contributed by atoms with Crippen molar-refractivity contribution < 1.29 is 14.3 Å². The van der Waals surface area contributed by atoms with Gasteiger partial charge < -0.3 is 15.0 Å². The van der Waals surface area contributed by atoms with Crippen LogP contribution in [0.4, 0.5) is 10.5 Å². The lowest BCUT2D eigenvalue weighted by atomic mass is 10.1. The maximum Gasteiger partial charge on any atom is 0.322 e. The first-order chi connectivity index (χ1) is 20.4. The van der Waals surface area contributed by atoms with E-state index in [4.69, 9.17) is 10.00 Å². The standard InChI is InChI=1S/C36H33N3O3/c1-3-4-5-28-6-8-29(9-7-28)10-11-30-12-14-32(15-13-30)25-39(26-33-18-22-35(23-19-33)42-27(2)40)36(41)38-34-20-16-31(24-37)17-21-34/h6-9,12-23H,3-5,25-26H2,1-2H3,(H,38,41). The number of hydrogen-bond donors (Lipinski definition) is 1. The first-order valence-corrected chi connectivity index (χ1v) is 13.9. The molecule has 0 spiro atoms. The van der Waals surface area contributed by atoms with Crippen molar-refractivity contribution in [2.75, 3.05) is 5.32 Å². The highest BCUT2D eigenvalue weighted by Crippen LogP contribution is 2.18. The largest absolute Gasteiger partial charge is 0.427 e. The topological polar surface area (TPSA) is 82.4 Å². The van der Waals surface area contributed by atoms with Crippen LogP contribution in [-0.2, 0) is 24.3 Å². The number of nitrogens with one attached hydrogen (secondary N) is 1. The molecule has 2 amide bonds. The lowest BCUT2D eigenvalue weighted by molar-refractivity contribution is -0.131. The molecule has 0 radical (unpaired) electrons. The van der Waals surface area contributed by atoms with E-state index in [9.17, 15) is 9.59 Å². The number of nitriles is 1. The molecule has 0 aliphatic rings. The number of carbonyl (C=O) groups is 2. The van der Waals surface area contributed by atoms with Gasteiger partial charge in [0.05, 0.1) is 11.6 Å². The number of carbonyl (C=O) groups excluding carboxylic acids is 2. The van der Waals surface area contributed by atoms with Crippen molar-refractivity contribution >= 4 is 17.7 Å². The Bertz CT molecular complexity index is 1590. The Kier molecular flexibility index (Phi) is 10.5. The van der Waals surface area contributed by atoms with E-state index in [2.05, 4.69) is 54.4 Å². The van der Waals surface area contributed by atoms with Crippen LogP contribution in [0.15, 0.2) is 97.1 Å². The first kappa shape index (κ1) is 29.6. The van der Waals surface area contributed by atoms with Gasteiger partial charge in [0, 0.05) is 36.8 Å². The zero-order valence-corrected chi connectivity index (χ0v) is 23.9. The van der Waals surface area contributed by atoms with Crippen molar-refractivity contribution in [2.45, 2.75) is 46.2 Å². The first-order valence-electron chi connectivity index (χ1n) is 13.9. The molecule has 6 nitrogen and oxygen atoms in total. The molecule has 0 heterocycles. The van der Waals surface area contributed by atoms with Gasteiger partial charge in [0.2, 0.25) is 0 Å². The van der Waals surface area contributed by atoms with Gasteiger partial charge in [-0.15, -0.1) is 0 Å². The van der Waals surface area contributed by atoms with Gasteiger partial charge in [-0.25, -0.2) is 4.79 Å². The third-order valence-electron chi connectivity index (χ3n) is 6.56. The zero-order valence-electron chi connectivity index (χ0n) is 23.9. The van der Waals surface area contributed by atoms with Crippen LogP contribution in [0.2, 0.25) is 0 Å². The summed E-state index contributed by atoms with van der Waals surface area (Å²) in [6.07, 6.45) is 3.46. The van der Waals surface area contributed by atoms with Gasteiger partial charge in [0.25, 0.3) is 0 Å². The molecule has 0 atom stereocenters. The quantitative estimate of drug-likeness (QED) is 0.132. The molecule has 0 aromatic heterocycles. The monoisotopic (exact) mass is 555 g/mol. The minimum Gasteiger partial charge on any atom is -0.427 e. The molecule has 0 fully saturated rings. The number of rotatable bonds is 9. The van der Waals surface area contributed by atoms with Crippen molar-refractivity contribution in [3.8, 4) is 23.7 Å². The summed E-state index contributed by atoms with van der Waals surface area (Å²) in [4.78, 5) is 26.3. The van der Waals surface area contributed by atoms with Gasteiger partial charge in [0.15, 0.2) is 0 Å². The average Bonchev–Trinajstić information content (AvgIpc) is 3.01. The number of hydrogen-bond acceptors (Lipinski definition) is 4. The van der Waals surface area contributed by atoms with Gasteiger partial charge >= 0.3 is 12.0 Å². The highest BCUT2D eigenvalue weighted by Gasteiger charge is 2.16. The van der Waals surface area contributed by atoms with E-state index in [0.717, 1.165) is 28.7 Å². The third-order valence-corrected chi connectivity index (χ3v) is 6.56. The normalized spacial score (nSPS) is 10.1. The number of anilines is 1. The van der Waals surface area contributed by atoms with Crippen molar-refractivity contribution in [3.05, 3.63) is 130 Å². The van der Waals surface area contributed by atoms with E-state index in [0.29, 0.717) is 30.1 Å². The van der Waals surface area contributed by atoms with Crippen molar-refractivity contribution in [1.29, 1.82) is 5.26 Å². The molecule has 6 heteroatoms. The Morgan fingerprint density at radius 3 is 1.74 bits per heavy atom. The molecule has 0 saturated carbocycles. The molecular weight excluding hydrogens is 522 g/mol. The fourth-order valence-corrected chi connectivity index (χ4v) is 4.27. The van der Waals surface area contributed by atoms with Crippen LogP contribution in [0.5, 0.6) is 5.75 Å². The molecule has 4 aromatic carbocycles. The Balaban J connectivity index is 1.47. The van der Waals surface area contributed by atoms with Crippen LogP contribution in [0, 0.1) is 23.2 Å². The molecule has 4 aromatic rings. The summed E-state index contributed by atoms with van der Waals surface area (Å²) >= 11 is 0. The SMILES string of the molecule is CCCCc1ccc(C#Cc2ccc(CN(Cc3ccc(OC(C)=O)cc3)C(=O)Nc3ccc(C#N)cc3)cc2)cc1. The molecule has 0 unspecified atom stereocenters. The van der Waals surface area contributed by atoms with Crippen LogP contribution < -0.4 is 10.1 Å². The zero-order chi connectivity index (χ0) is 29.7. The fraction of sp³-hybridized carbons (Fsp3) is 0.194. The predicted molar refractivity (Wildman–Crippen MR) is 165 cm³/mol. The Hall–Kier alpha value is -5.33. The van der Waals surface area contributed by atoms with E-state index in [1.54, 1.807) is 41.3 Å². The molecule has 210 valence electrons. The Morgan fingerprint density at radius 1 is 0.738 bits per heavy atom. The summed E-state index contributed by atoms with van der Waals surface area (Å²) in [6.45, 7) is 4.24. The highest BCUT2D eigenvalue weighted by molar-refractivity contribution is 5.89. The van der Waals surface area contributed by atoms with E-state index >= 15 is 0 Å². The number of aryl methyl sites for hydroxylation is 1. The maximum atomic E-state index is 13.4. The van der Waals surface area contributed by atoms with Crippen LogP contribution in [0.1, 0.15) is 60.1 Å². The van der Waals surface area contributed by atoms with Crippen LogP contribution in [0.3, 0.4) is 0 Å². The number of unbranched alkanes of at least 4 members (excludes halogenated alkanes) is 1. The molecule has 0 saturated heterocycles. The summed E-state index contributed by atoms with van der Waals surface area (Å²) in [5.74, 6) is 6.52. The van der Waals surface area contributed by atoms with E-state index < -0.39 is 0 Å². The van der Waals surface area contributed by atoms with Gasteiger partial charge in [-0.1, -0.05) is 61.6 Å². The van der Waals surface area contributed by atoms with Crippen molar-refractivity contribution in [1.82, 2.24) is 4.90 Å². The molecule has 0 bridgehead atoms. The third kappa shape index (κ3) is 9.11. The van der Waals surface area contributed by atoms with Crippen LogP contribution in [-0.4, -0.2) is 16.9 Å². The second-order valence-corrected chi connectivity index (χ2v) is 9.96. The number of ether oxygens (including phenoxy) is 1. The number of benzene rings is 4. The second kappa shape index (κ2) is 14.9. The summed E-state index contributed by atoms with van der Waals surface area (Å²) in [5.41, 5.74) is 6.15. The minimum atomic E-state index is -0.389. The van der Waals surface area contributed by atoms with Crippen LogP contribution >= 0.6 is 0 Å². The molecule has 0 aliphatic heterocycles. The number of urea groups is 1. The fourth-order valence-electron chi connectivity index (χ4n) is 4.27. The van der Waals surface area contributed by atoms with Crippen molar-refractivity contribution in [2.24, 2.45) is 0 Å². The number of esters is 1. The number of amides is 2. The van der Waals surface area contributed by atoms with Gasteiger partial charge in [-0.2, -0.15) is 5.26 Å². The number of nitrogens with zero attached hydrogens (tertiary/aromatic N) is 2. The summed E-state index contributed by atoms with van der Waals surface area (Å²) in [7, 11) is 0.